The molecule has 6 heteroatoms. The fraction of sp³-hybridized carbons (Fsp3) is 0.250. The van der Waals surface area contributed by atoms with Crippen molar-refractivity contribution >= 4 is 5.69 Å². The number of rotatable bonds is 7. The molecule has 0 aliphatic heterocycles. The van der Waals surface area contributed by atoms with Crippen LogP contribution >= 0.6 is 0 Å². The van der Waals surface area contributed by atoms with Crippen molar-refractivity contribution in [1.29, 1.82) is 0 Å². The molecule has 0 aliphatic rings. The van der Waals surface area contributed by atoms with Crippen LogP contribution in [0.2, 0.25) is 0 Å². The minimum Gasteiger partial charge on any atom is -0.497 e. The summed E-state index contributed by atoms with van der Waals surface area (Å²) < 4.78 is 5.11. The first-order valence-corrected chi connectivity index (χ1v) is 6.87. The van der Waals surface area contributed by atoms with Crippen LogP contribution in [0.1, 0.15) is 17.2 Å². The van der Waals surface area contributed by atoms with Crippen molar-refractivity contribution in [3.05, 3.63) is 69.8 Å². The van der Waals surface area contributed by atoms with Crippen molar-refractivity contribution in [2.45, 2.75) is 12.6 Å². The number of nitrogens with one attached hydrogen (secondary N) is 1. The maximum absolute atomic E-state index is 10.9. The number of para-hydroxylation sites is 1. The van der Waals surface area contributed by atoms with Gasteiger partial charge in [0.1, 0.15) is 5.75 Å². The summed E-state index contributed by atoms with van der Waals surface area (Å²) in [7, 11) is 1.57. The van der Waals surface area contributed by atoms with Gasteiger partial charge in [0.15, 0.2) is 0 Å². The summed E-state index contributed by atoms with van der Waals surface area (Å²) in [4.78, 5) is 10.5. The molecule has 2 aromatic rings. The Labute approximate surface area is 128 Å². The largest absolute Gasteiger partial charge is 0.497 e. The smallest absolute Gasteiger partial charge is 0.273 e. The number of nitro groups is 1. The van der Waals surface area contributed by atoms with E-state index in [9.17, 15) is 15.2 Å². The van der Waals surface area contributed by atoms with Crippen LogP contribution in [-0.4, -0.2) is 23.7 Å². The van der Waals surface area contributed by atoms with Gasteiger partial charge < -0.3 is 15.2 Å². The summed E-state index contributed by atoms with van der Waals surface area (Å²) in [6.07, 6.45) is -0.710. The van der Waals surface area contributed by atoms with Crippen molar-refractivity contribution < 1.29 is 14.8 Å². The molecule has 22 heavy (non-hydrogen) atoms. The molecule has 0 aliphatic carbocycles. The number of benzene rings is 2. The SMILES string of the molecule is COc1cccc(C(O)CNCc2ccccc2[N+](=O)[O-])c1. The molecule has 0 saturated heterocycles. The second kappa shape index (κ2) is 7.53. The number of hydrogen-bond acceptors (Lipinski definition) is 5. The first kappa shape index (κ1) is 15.9. The van der Waals surface area contributed by atoms with E-state index in [0.717, 1.165) is 5.56 Å². The van der Waals surface area contributed by atoms with Crippen LogP contribution in [0.15, 0.2) is 48.5 Å². The Morgan fingerprint density at radius 1 is 1.27 bits per heavy atom. The minimum atomic E-state index is -0.710. The topological polar surface area (TPSA) is 84.6 Å². The molecule has 2 N–H and O–H groups in total. The Morgan fingerprint density at radius 2 is 2.05 bits per heavy atom. The normalized spacial score (nSPS) is 11.9. The van der Waals surface area contributed by atoms with E-state index in [1.54, 1.807) is 49.6 Å². The van der Waals surface area contributed by atoms with Crippen LogP contribution in [-0.2, 0) is 6.54 Å². The van der Waals surface area contributed by atoms with Crippen LogP contribution < -0.4 is 10.1 Å². The van der Waals surface area contributed by atoms with Gasteiger partial charge >= 0.3 is 0 Å². The molecule has 116 valence electrons. The first-order valence-electron chi connectivity index (χ1n) is 6.87. The second-order valence-corrected chi connectivity index (χ2v) is 4.81. The van der Waals surface area contributed by atoms with E-state index in [2.05, 4.69) is 5.32 Å². The Kier molecular flexibility index (Phi) is 5.46. The molecule has 0 radical (unpaired) electrons. The van der Waals surface area contributed by atoms with E-state index >= 15 is 0 Å². The summed E-state index contributed by atoms with van der Waals surface area (Å²) in [5.74, 6) is 0.676. The van der Waals surface area contributed by atoms with Crippen LogP contribution in [0.3, 0.4) is 0 Å². The van der Waals surface area contributed by atoms with Gasteiger partial charge in [-0.2, -0.15) is 0 Å². The molecule has 0 amide bonds. The predicted molar refractivity (Wildman–Crippen MR) is 82.8 cm³/mol. The lowest BCUT2D eigenvalue weighted by atomic mass is 10.1. The predicted octanol–water partition coefficient (Wildman–Crippen LogP) is 2.43. The van der Waals surface area contributed by atoms with Crippen LogP contribution in [0.25, 0.3) is 0 Å². The molecular formula is C16H18N2O4. The lowest BCUT2D eigenvalue weighted by Crippen LogP contribution is -2.21. The zero-order chi connectivity index (χ0) is 15.9. The zero-order valence-corrected chi connectivity index (χ0v) is 12.2. The number of nitro benzene ring substituents is 1. The molecular weight excluding hydrogens is 284 g/mol. The monoisotopic (exact) mass is 302 g/mol. The quantitative estimate of drug-likeness (QED) is 0.606. The molecule has 0 heterocycles. The van der Waals surface area contributed by atoms with Crippen LogP contribution in [0, 0.1) is 10.1 Å². The highest BCUT2D eigenvalue weighted by Crippen LogP contribution is 2.20. The molecule has 0 saturated carbocycles. The Hall–Kier alpha value is -2.44. The summed E-state index contributed by atoms with van der Waals surface area (Å²) >= 11 is 0. The highest BCUT2D eigenvalue weighted by molar-refractivity contribution is 5.39. The molecule has 6 nitrogen and oxygen atoms in total. The van der Waals surface area contributed by atoms with E-state index in [1.165, 1.54) is 6.07 Å². The number of aliphatic hydroxyl groups excluding tert-OH is 1. The van der Waals surface area contributed by atoms with Gasteiger partial charge in [-0.05, 0) is 17.7 Å². The molecule has 2 aromatic carbocycles. The summed E-state index contributed by atoms with van der Waals surface area (Å²) in [6.45, 7) is 0.609. The Bertz CT molecular complexity index is 646. The van der Waals surface area contributed by atoms with E-state index in [-0.39, 0.29) is 5.69 Å². The second-order valence-electron chi connectivity index (χ2n) is 4.81. The lowest BCUT2D eigenvalue weighted by Gasteiger charge is -2.13. The molecule has 0 aromatic heterocycles. The maximum atomic E-state index is 10.9. The van der Waals surface area contributed by atoms with E-state index in [4.69, 9.17) is 4.74 Å². The summed E-state index contributed by atoms with van der Waals surface area (Å²) in [6, 6.07) is 13.7. The average molecular weight is 302 g/mol. The molecule has 0 spiro atoms. The fourth-order valence-electron chi connectivity index (χ4n) is 2.15. The van der Waals surface area contributed by atoms with Gasteiger partial charge in [-0.15, -0.1) is 0 Å². The van der Waals surface area contributed by atoms with Gasteiger partial charge in [0.2, 0.25) is 0 Å². The average Bonchev–Trinajstić information content (AvgIpc) is 2.55. The standard InChI is InChI=1S/C16H18N2O4/c1-22-14-7-4-6-12(9-14)16(19)11-17-10-13-5-2-3-8-15(13)18(20)21/h2-9,16-17,19H,10-11H2,1H3. The van der Waals surface area contributed by atoms with Gasteiger partial charge in [0.05, 0.1) is 18.1 Å². The van der Waals surface area contributed by atoms with Crippen molar-refractivity contribution in [1.82, 2.24) is 5.32 Å². The van der Waals surface area contributed by atoms with E-state index < -0.39 is 11.0 Å². The summed E-state index contributed by atoms with van der Waals surface area (Å²) in [5, 5.41) is 24.1. The highest BCUT2D eigenvalue weighted by Gasteiger charge is 2.13. The van der Waals surface area contributed by atoms with Gasteiger partial charge in [0, 0.05) is 24.7 Å². The Morgan fingerprint density at radius 3 is 2.77 bits per heavy atom. The minimum absolute atomic E-state index is 0.0749. The van der Waals surface area contributed by atoms with Gasteiger partial charge in [-0.3, -0.25) is 10.1 Å². The number of nitrogens with zero attached hydrogens (tertiary/aromatic N) is 1. The number of ether oxygens (including phenoxy) is 1. The number of methoxy groups -OCH3 is 1. The highest BCUT2D eigenvalue weighted by atomic mass is 16.6. The van der Waals surface area contributed by atoms with Gasteiger partial charge in [0.25, 0.3) is 5.69 Å². The molecule has 2 rings (SSSR count). The van der Waals surface area contributed by atoms with Crippen molar-refractivity contribution in [3.63, 3.8) is 0 Å². The first-order chi connectivity index (χ1) is 10.6. The van der Waals surface area contributed by atoms with Crippen LogP contribution in [0.5, 0.6) is 5.75 Å². The molecule has 1 unspecified atom stereocenters. The van der Waals surface area contributed by atoms with Crippen molar-refractivity contribution in [3.8, 4) is 5.75 Å². The zero-order valence-electron chi connectivity index (χ0n) is 12.2. The Balaban J connectivity index is 1.94. The van der Waals surface area contributed by atoms with Gasteiger partial charge in [-0.25, -0.2) is 0 Å². The van der Waals surface area contributed by atoms with E-state index in [0.29, 0.717) is 24.4 Å². The summed E-state index contributed by atoms with van der Waals surface area (Å²) in [5.41, 5.74) is 1.39. The van der Waals surface area contributed by atoms with Gasteiger partial charge in [-0.1, -0.05) is 30.3 Å². The number of hydrogen-bond donors (Lipinski definition) is 2. The third kappa shape index (κ3) is 4.03. The lowest BCUT2D eigenvalue weighted by molar-refractivity contribution is -0.385. The molecule has 0 bridgehead atoms. The fourth-order valence-corrected chi connectivity index (χ4v) is 2.15. The molecule has 1 atom stereocenters. The van der Waals surface area contributed by atoms with Crippen molar-refractivity contribution in [2.24, 2.45) is 0 Å². The number of aliphatic hydroxyl groups is 1. The van der Waals surface area contributed by atoms with E-state index in [1.807, 2.05) is 0 Å². The van der Waals surface area contributed by atoms with Crippen LogP contribution in [0.4, 0.5) is 5.69 Å². The molecule has 0 fully saturated rings. The maximum Gasteiger partial charge on any atom is 0.273 e. The third-order valence-electron chi connectivity index (χ3n) is 3.32. The van der Waals surface area contributed by atoms with Crippen molar-refractivity contribution in [2.75, 3.05) is 13.7 Å². The third-order valence-corrected chi connectivity index (χ3v) is 3.32.